The summed E-state index contributed by atoms with van der Waals surface area (Å²) >= 11 is 0. The Morgan fingerprint density at radius 2 is 1.96 bits per heavy atom. The number of ether oxygens (including phenoxy) is 2. The quantitative estimate of drug-likeness (QED) is 0.919. The zero-order valence-electron chi connectivity index (χ0n) is 12.7. The van der Waals surface area contributed by atoms with Crippen molar-refractivity contribution in [3.8, 4) is 17.1 Å². The van der Waals surface area contributed by atoms with E-state index in [-0.39, 0.29) is 5.56 Å². The number of carboxylic acids is 1. The van der Waals surface area contributed by atoms with Gasteiger partial charge < -0.3 is 19.5 Å². The van der Waals surface area contributed by atoms with Gasteiger partial charge in [0.25, 0.3) is 0 Å². The number of rotatable bonds is 4. The van der Waals surface area contributed by atoms with Crippen molar-refractivity contribution in [2.24, 2.45) is 0 Å². The minimum Gasteiger partial charge on any atom is -0.497 e. The van der Waals surface area contributed by atoms with Gasteiger partial charge in [0.05, 0.1) is 20.3 Å². The molecule has 1 fully saturated rings. The highest BCUT2D eigenvalue weighted by molar-refractivity contribution is 5.93. The number of benzene rings is 1. The molecule has 0 radical (unpaired) electrons. The number of hydrogen-bond donors (Lipinski definition) is 1. The van der Waals surface area contributed by atoms with Crippen molar-refractivity contribution in [3.05, 3.63) is 36.0 Å². The molecule has 0 amide bonds. The van der Waals surface area contributed by atoms with E-state index in [9.17, 15) is 9.90 Å². The van der Waals surface area contributed by atoms with Crippen molar-refractivity contribution in [1.29, 1.82) is 0 Å². The van der Waals surface area contributed by atoms with Crippen LogP contribution in [-0.2, 0) is 4.74 Å². The van der Waals surface area contributed by atoms with E-state index in [4.69, 9.17) is 9.47 Å². The van der Waals surface area contributed by atoms with Gasteiger partial charge in [-0.25, -0.2) is 14.8 Å². The van der Waals surface area contributed by atoms with Crippen LogP contribution in [0.2, 0.25) is 0 Å². The molecule has 1 N–H and O–H groups in total. The predicted octanol–water partition coefficient (Wildman–Crippen LogP) is 1.69. The van der Waals surface area contributed by atoms with Crippen molar-refractivity contribution in [1.82, 2.24) is 9.97 Å². The van der Waals surface area contributed by atoms with Gasteiger partial charge in [-0.1, -0.05) is 0 Å². The van der Waals surface area contributed by atoms with Crippen LogP contribution in [0.5, 0.6) is 5.75 Å². The first kappa shape index (κ1) is 15.2. The summed E-state index contributed by atoms with van der Waals surface area (Å²) in [6, 6.07) is 7.33. The smallest absolute Gasteiger partial charge is 0.341 e. The minimum absolute atomic E-state index is 0.101. The van der Waals surface area contributed by atoms with E-state index in [1.807, 2.05) is 29.2 Å². The Kier molecular flexibility index (Phi) is 4.38. The lowest BCUT2D eigenvalue weighted by Crippen LogP contribution is -2.37. The molecule has 0 bridgehead atoms. The molecule has 0 spiro atoms. The van der Waals surface area contributed by atoms with Crippen LogP contribution in [0, 0.1) is 0 Å². The fourth-order valence-corrected chi connectivity index (χ4v) is 2.42. The molecule has 1 aliphatic rings. The standard InChI is InChI=1S/C16H17N3O4/c1-22-12-4-2-11(3-5-12)14-17-10-13(16(20)21)15(18-14)19-6-8-23-9-7-19/h2-5,10H,6-9H2,1H3,(H,20,21). The van der Waals surface area contributed by atoms with E-state index < -0.39 is 5.97 Å². The normalized spacial score (nSPS) is 14.6. The minimum atomic E-state index is -1.03. The van der Waals surface area contributed by atoms with Crippen molar-refractivity contribution in [3.63, 3.8) is 0 Å². The third-order valence-corrected chi connectivity index (χ3v) is 3.66. The molecule has 7 heteroatoms. The number of aromatic nitrogens is 2. The van der Waals surface area contributed by atoms with E-state index >= 15 is 0 Å². The number of anilines is 1. The van der Waals surface area contributed by atoms with E-state index in [1.54, 1.807) is 7.11 Å². The number of aromatic carboxylic acids is 1. The third-order valence-electron chi connectivity index (χ3n) is 3.66. The summed E-state index contributed by atoms with van der Waals surface area (Å²) in [5.74, 6) is 0.623. The molecular formula is C16H17N3O4. The Balaban J connectivity index is 1.99. The number of morpholine rings is 1. The van der Waals surface area contributed by atoms with Gasteiger partial charge in [0.1, 0.15) is 17.1 Å². The second-order valence-electron chi connectivity index (χ2n) is 5.06. The Labute approximate surface area is 133 Å². The molecule has 0 aliphatic carbocycles. The van der Waals surface area contributed by atoms with Gasteiger partial charge in [-0.2, -0.15) is 0 Å². The van der Waals surface area contributed by atoms with Crippen LogP contribution < -0.4 is 9.64 Å². The molecule has 3 rings (SSSR count). The van der Waals surface area contributed by atoms with Crippen LogP contribution in [0.25, 0.3) is 11.4 Å². The van der Waals surface area contributed by atoms with Gasteiger partial charge in [0.15, 0.2) is 5.82 Å². The molecule has 7 nitrogen and oxygen atoms in total. The van der Waals surface area contributed by atoms with Crippen LogP contribution >= 0.6 is 0 Å². The summed E-state index contributed by atoms with van der Waals surface area (Å²) < 4.78 is 10.4. The van der Waals surface area contributed by atoms with E-state index in [1.165, 1.54) is 6.20 Å². The Bertz CT molecular complexity index is 697. The average molecular weight is 315 g/mol. The van der Waals surface area contributed by atoms with Crippen LogP contribution in [0.4, 0.5) is 5.82 Å². The van der Waals surface area contributed by atoms with Gasteiger partial charge in [0.2, 0.25) is 0 Å². The zero-order valence-corrected chi connectivity index (χ0v) is 12.7. The first-order chi connectivity index (χ1) is 11.2. The molecular weight excluding hydrogens is 298 g/mol. The second-order valence-corrected chi connectivity index (χ2v) is 5.06. The van der Waals surface area contributed by atoms with Gasteiger partial charge in [0, 0.05) is 24.8 Å². The number of hydrogen-bond acceptors (Lipinski definition) is 6. The summed E-state index contributed by atoms with van der Waals surface area (Å²) in [5, 5.41) is 9.37. The summed E-state index contributed by atoms with van der Waals surface area (Å²) in [4.78, 5) is 22.0. The van der Waals surface area contributed by atoms with Gasteiger partial charge >= 0.3 is 5.97 Å². The Morgan fingerprint density at radius 1 is 1.26 bits per heavy atom. The van der Waals surface area contributed by atoms with Crippen molar-refractivity contribution < 1.29 is 19.4 Å². The predicted molar refractivity (Wildman–Crippen MR) is 84.0 cm³/mol. The van der Waals surface area contributed by atoms with E-state index in [0.717, 1.165) is 11.3 Å². The Hall–Kier alpha value is -2.67. The number of methoxy groups -OCH3 is 1. The highest BCUT2D eigenvalue weighted by Gasteiger charge is 2.21. The van der Waals surface area contributed by atoms with Gasteiger partial charge in [-0.3, -0.25) is 0 Å². The SMILES string of the molecule is COc1ccc(-c2ncc(C(=O)O)c(N3CCOCC3)n2)cc1. The summed E-state index contributed by atoms with van der Waals surface area (Å²) in [5.41, 5.74) is 0.904. The lowest BCUT2D eigenvalue weighted by molar-refractivity contribution is 0.0695. The highest BCUT2D eigenvalue weighted by Crippen LogP contribution is 2.24. The molecule has 120 valence electrons. The zero-order chi connectivity index (χ0) is 16.2. The number of carboxylic acid groups (broad SMARTS) is 1. The van der Waals surface area contributed by atoms with E-state index in [2.05, 4.69) is 9.97 Å². The monoisotopic (exact) mass is 315 g/mol. The lowest BCUT2D eigenvalue weighted by atomic mass is 10.2. The first-order valence-electron chi connectivity index (χ1n) is 7.26. The van der Waals surface area contributed by atoms with Crippen LogP contribution in [-0.4, -0.2) is 54.5 Å². The van der Waals surface area contributed by atoms with Crippen LogP contribution in [0.3, 0.4) is 0 Å². The molecule has 0 atom stereocenters. The van der Waals surface area contributed by atoms with Crippen LogP contribution in [0.15, 0.2) is 30.5 Å². The highest BCUT2D eigenvalue weighted by atomic mass is 16.5. The van der Waals surface area contributed by atoms with Gasteiger partial charge in [-0.05, 0) is 24.3 Å². The van der Waals surface area contributed by atoms with E-state index in [0.29, 0.717) is 37.9 Å². The summed E-state index contributed by atoms with van der Waals surface area (Å²) in [7, 11) is 1.60. The first-order valence-corrected chi connectivity index (χ1v) is 7.26. The largest absolute Gasteiger partial charge is 0.497 e. The third kappa shape index (κ3) is 3.24. The fourth-order valence-electron chi connectivity index (χ4n) is 2.42. The summed E-state index contributed by atoms with van der Waals surface area (Å²) in [6.07, 6.45) is 1.36. The van der Waals surface area contributed by atoms with Crippen molar-refractivity contribution in [2.45, 2.75) is 0 Å². The van der Waals surface area contributed by atoms with Gasteiger partial charge in [-0.15, -0.1) is 0 Å². The fraction of sp³-hybridized carbons (Fsp3) is 0.312. The molecule has 1 aliphatic heterocycles. The molecule has 2 heterocycles. The molecule has 2 aromatic rings. The maximum Gasteiger partial charge on any atom is 0.341 e. The topological polar surface area (TPSA) is 84.8 Å². The second kappa shape index (κ2) is 6.62. The molecule has 1 saturated heterocycles. The Morgan fingerprint density at radius 3 is 2.57 bits per heavy atom. The molecule has 1 aromatic heterocycles. The summed E-state index contributed by atoms with van der Waals surface area (Å²) in [6.45, 7) is 2.33. The molecule has 0 saturated carbocycles. The lowest BCUT2D eigenvalue weighted by Gasteiger charge is -2.28. The number of nitrogens with zero attached hydrogens (tertiary/aromatic N) is 3. The molecule has 23 heavy (non-hydrogen) atoms. The van der Waals surface area contributed by atoms with Crippen molar-refractivity contribution in [2.75, 3.05) is 38.3 Å². The maximum atomic E-state index is 11.4. The number of carbonyl (C=O) groups is 1. The average Bonchev–Trinajstić information content (AvgIpc) is 2.62. The molecule has 1 aromatic carbocycles. The maximum absolute atomic E-state index is 11.4. The molecule has 0 unspecified atom stereocenters. The van der Waals surface area contributed by atoms with Crippen LogP contribution in [0.1, 0.15) is 10.4 Å². The van der Waals surface area contributed by atoms with Crippen molar-refractivity contribution >= 4 is 11.8 Å².